The molecule has 5 heteroatoms. The van der Waals surface area contributed by atoms with Gasteiger partial charge in [0.2, 0.25) is 0 Å². The highest BCUT2D eigenvalue weighted by molar-refractivity contribution is 5.79. The molecule has 4 bridgehead atoms. The van der Waals surface area contributed by atoms with Crippen molar-refractivity contribution < 1.29 is 9.21 Å². The summed E-state index contributed by atoms with van der Waals surface area (Å²) in [5, 5.41) is 7.33. The summed E-state index contributed by atoms with van der Waals surface area (Å²) in [5.41, 5.74) is 5.47. The molecule has 4 saturated carbocycles. The lowest BCUT2D eigenvalue weighted by Crippen LogP contribution is -2.65. The Morgan fingerprint density at radius 1 is 1.14 bits per heavy atom. The summed E-state index contributed by atoms with van der Waals surface area (Å²) in [5.74, 6) is 2.03. The van der Waals surface area contributed by atoms with Crippen molar-refractivity contribution in [3.63, 3.8) is 0 Å². The Labute approximate surface area is 165 Å². The van der Waals surface area contributed by atoms with Gasteiger partial charge < -0.3 is 9.73 Å². The van der Waals surface area contributed by atoms with Crippen LogP contribution in [0.25, 0.3) is 0 Å². The Kier molecular flexibility index (Phi) is 4.07. The molecule has 2 atom stereocenters. The number of nitrogens with one attached hydrogen (secondary N) is 2. The number of carbonyl (C=O) groups is 1. The smallest absolute Gasteiger partial charge is 0.335 e. The van der Waals surface area contributed by atoms with Gasteiger partial charge in [-0.3, -0.25) is 0 Å². The Bertz CT molecular complexity index is 871. The number of urea groups is 1. The van der Waals surface area contributed by atoms with E-state index in [0.717, 1.165) is 19.3 Å². The molecule has 4 aliphatic rings. The second-order valence-electron chi connectivity index (χ2n) is 9.23. The van der Waals surface area contributed by atoms with Crippen molar-refractivity contribution in [3.05, 3.63) is 59.5 Å². The molecule has 2 aromatic rings. The number of amides is 2. The molecule has 2 unspecified atom stereocenters. The summed E-state index contributed by atoms with van der Waals surface area (Å²) < 4.78 is 5.20. The van der Waals surface area contributed by atoms with Gasteiger partial charge in [-0.25, -0.2) is 10.2 Å². The van der Waals surface area contributed by atoms with Crippen LogP contribution in [0, 0.1) is 18.8 Å². The molecular weight excluding hydrogens is 350 g/mol. The van der Waals surface area contributed by atoms with Crippen molar-refractivity contribution in [1.82, 2.24) is 10.7 Å². The molecule has 28 heavy (non-hydrogen) atoms. The van der Waals surface area contributed by atoms with Crippen molar-refractivity contribution in [2.24, 2.45) is 16.9 Å². The van der Waals surface area contributed by atoms with Crippen LogP contribution in [0.3, 0.4) is 0 Å². The fourth-order valence-electron chi connectivity index (χ4n) is 6.44. The van der Waals surface area contributed by atoms with E-state index >= 15 is 0 Å². The summed E-state index contributed by atoms with van der Waals surface area (Å²) in [7, 11) is 0. The van der Waals surface area contributed by atoms with E-state index in [4.69, 9.17) is 4.42 Å². The summed E-state index contributed by atoms with van der Waals surface area (Å²) in [4.78, 5) is 12.6. The maximum atomic E-state index is 12.6. The molecule has 6 rings (SSSR count). The lowest BCUT2D eigenvalue weighted by molar-refractivity contribution is -0.0349. The van der Waals surface area contributed by atoms with Gasteiger partial charge in [0.15, 0.2) is 0 Å². The molecule has 2 N–H and O–H groups in total. The van der Waals surface area contributed by atoms with Crippen LogP contribution in [0.15, 0.2) is 52.2 Å². The molecule has 1 aromatic carbocycles. The molecule has 0 aliphatic heterocycles. The van der Waals surface area contributed by atoms with Crippen LogP contribution < -0.4 is 10.7 Å². The van der Waals surface area contributed by atoms with E-state index in [1.807, 2.05) is 0 Å². The number of hydrogen-bond donors (Lipinski definition) is 2. The highest BCUT2D eigenvalue weighted by Gasteiger charge is 2.58. The Morgan fingerprint density at radius 3 is 2.57 bits per heavy atom. The normalized spacial score (nSPS) is 33.3. The van der Waals surface area contributed by atoms with E-state index in [0.29, 0.717) is 17.6 Å². The number of aryl methyl sites for hydroxylation is 1. The monoisotopic (exact) mass is 377 g/mol. The molecule has 1 aromatic heterocycles. The molecular formula is C23H27N3O2. The first-order valence-electron chi connectivity index (χ1n) is 10.3. The van der Waals surface area contributed by atoms with Crippen molar-refractivity contribution in [2.45, 2.75) is 56.4 Å². The second-order valence-corrected chi connectivity index (χ2v) is 9.23. The van der Waals surface area contributed by atoms with E-state index in [2.05, 4.69) is 47.0 Å². The van der Waals surface area contributed by atoms with E-state index < -0.39 is 0 Å². The van der Waals surface area contributed by atoms with Gasteiger partial charge in [0.25, 0.3) is 0 Å². The van der Waals surface area contributed by atoms with E-state index in [9.17, 15) is 4.79 Å². The SMILES string of the molecule is Cc1ccc(C23CC4CC(CC(NC(=O)NN=Cc5ccco5)(C4)C2)C3)cc1. The van der Waals surface area contributed by atoms with E-state index in [1.54, 1.807) is 18.4 Å². The molecule has 0 saturated heterocycles. The lowest BCUT2D eigenvalue weighted by atomic mass is 9.45. The van der Waals surface area contributed by atoms with Gasteiger partial charge in [0.05, 0.1) is 12.5 Å². The van der Waals surface area contributed by atoms with Crippen molar-refractivity contribution in [1.29, 1.82) is 0 Å². The largest absolute Gasteiger partial charge is 0.463 e. The summed E-state index contributed by atoms with van der Waals surface area (Å²) in [6.07, 6.45) is 10.1. The predicted octanol–water partition coefficient (Wildman–Crippen LogP) is 4.51. The zero-order valence-corrected chi connectivity index (χ0v) is 16.3. The van der Waals surface area contributed by atoms with Gasteiger partial charge >= 0.3 is 6.03 Å². The fourth-order valence-corrected chi connectivity index (χ4v) is 6.44. The predicted molar refractivity (Wildman–Crippen MR) is 108 cm³/mol. The van der Waals surface area contributed by atoms with E-state index in [1.165, 1.54) is 36.6 Å². The summed E-state index contributed by atoms with van der Waals surface area (Å²) in [6, 6.07) is 12.4. The number of hydrazone groups is 1. The minimum atomic E-state index is -0.219. The van der Waals surface area contributed by atoms with E-state index in [-0.39, 0.29) is 17.0 Å². The molecule has 4 fully saturated rings. The Morgan fingerprint density at radius 2 is 1.89 bits per heavy atom. The quantitative estimate of drug-likeness (QED) is 0.608. The number of carbonyl (C=O) groups excluding carboxylic acids is 1. The average Bonchev–Trinajstić information content (AvgIpc) is 3.14. The first-order chi connectivity index (χ1) is 13.5. The van der Waals surface area contributed by atoms with Crippen LogP contribution in [0.5, 0.6) is 0 Å². The minimum Gasteiger partial charge on any atom is -0.463 e. The molecule has 0 spiro atoms. The third-order valence-electron chi connectivity index (χ3n) is 7.00. The zero-order chi connectivity index (χ0) is 19.2. The molecule has 2 amide bonds. The van der Waals surface area contributed by atoms with Crippen LogP contribution in [0.2, 0.25) is 0 Å². The van der Waals surface area contributed by atoms with Crippen LogP contribution >= 0.6 is 0 Å². The van der Waals surface area contributed by atoms with Gasteiger partial charge in [-0.1, -0.05) is 29.8 Å². The third-order valence-corrected chi connectivity index (χ3v) is 7.00. The first kappa shape index (κ1) is 17.5. The molecule has 5 nitrogen and oxygen atoms in total. The molecule has 1 heterocycles. The van der Waals surface area contributed by atoms with Gasteiger partial charge in [-0.05, 0) is 80.4 Å². The standard InChI is InChI=1S/C23H27N3O2/c1-16-4-6-19(7-5-16)22-10-17-9-18(11-22)13-23(12-17,15-22)25-21(27)26-24-14-20-3-2-8-28-20/h2-8,14,17-18H,9-13,15H2,1H3,(H2,25,26,27). The topological polar surface area (TPSA) is 66.6 Å². The van der Waals surface area contributed by atoms with Crippen molar-refractivity contribution in [3.8, 4) is 0 Å². The maximum absolute atomic E-state index is 12.6. The minimum absolute atomic E-state index is 0.112. The number of benzene rings is 1. The van der Waals surface area contributed by atoms with Crippen molar-refractivity contribution in [2.75, 3.05) is 0 Å². The molecule has 4 aliphatic carbocycles. The number of furan rings is 1. The van der Waals surface area contributed by atoms with Gasteiger partial charge in [-0.2, -0.15) is 5.10 Å². The lowest BCUT2D eigenvalue weighted by Gasteiger charge is -2.62. The third kappa shape index (κ3) is 3.13. The van der Waals surface area contributed by atoms with Gasteiger partial charge in [0, 0.05) is 5.54 Å². The van der Waals surface area contributed by atoms with Crippen LogP contribution in [0.4, 0.5) is 4.79 Å². The zero-order valence-electron chi connectivity index (χ0n) is 16.3. The summed E-state index contributed by atoms with van der Waals surface area (Å²) in [6.45, 7) is 2.14. The van der Waals surface area contributed by atoms with Gasteiger partial charge in [-0.15, -0.1) is 0 Å². The average molecular weight is 377 g/mol. The highest BCUT2D eigenvalue weighted by atomic mass is 16.3. The maximum Gasteiger partial charge on any atom is 0.335 e. The van der Waals surface area contributed by atoms with Crippen LogP contribution in [-0.2, 0) is 5.41 Å². The van der Waals surface area contributed by atoms with Crippen LogP contribution in [-0.4, -0.2) is 17.8 Å². The summed E-state index contributed by atoms with van der Waals surface area (Å²) >= 11 is 0. The second kappa shape index (κ2) is 6.50. The Hall–Kier alpha value is -2.56. The molecule has 0 radical (unpaired) electrons. The van der Waals surface area contributed by atoms with Crippen molar-refractivity contribution >= 4 is 12.2 Å². The Balaban J connectivity index is 1.33. The highest BCUT2D eigenvalue weighted by Crippen LogP contribution is 2.62. The first-order valence-corrected chi connectivity index (χ1v) is 10.3. The number of rotatable bonds is 4. The van der Waals surface area contributed by atoms with Gasteiger partial charge in [0.1, 0.15) is 5.76 Å². The number of hydrogen-bond acceptors (Lipinski definition) is 3. The number of nitrogens with zero attached hydrogens (tertiary/aromatic N) is 1. The molecule has 146 valence electrons. The fraction of sp³-hybridized carbons (Fsp3) is 0.478. The van der Waals surface area contributed by atoms with Crippen LogP contribution in [0.1, 0.15) is 55.4 Å².